The van der Waals surface area contributed by atoms with E-state index in [-0.39, 0.29) is 0 Å². The SMILES string of the molecule is C/C(CCN(C)C)=N\NC(N)=O. The number of carbonyl (C=O) groups is 1. The molecule has 0 spiro atoms. The van der Waals surface area contributed by atoms with E-state index in [9.17, 15) is 4.79 Å². The van der Waals surface area contributed by atoms with Crippen molar-refractivity contribution in [3.63, 3.8) is 0 Å². The minimum atomic E-state index is -0.626. The van der Waals surface area contributed by atoms with E-state index in [1.807, 2.05) is 25.9 Å². The van der Waals surface area contributed by atoms with Gasteiger partial charge in [0.25, 0.3) is 0 Å². The molecule has 0 saturated heterocycles. The standard InChI is InChI=1S/C7H16N4O/c1-6(4-5-11(2)3)9-10-7(8)12/h4-5H2,1-3H3,(H3,8,10,12)/b9-6+. The fourth-order valence-corrected chi connectivity index (χ4v) is 0.592. The van der Waals surface area contributed by atoms with Gasteiger partial charge in [-0.05, 0) is 27.4 Å². The molecule has 0 rings (SSSR count). The number of amides is 2. The van der Waals surface area contributed by atoms with Gasteiger partial charge in [-0.25, -0.2) is 10.2 Å². The molecular weight excluding hydrogens is 156 g/mol. The summed E-state index contributed by atoms with van der Waals surface area (Å²) in [5, 5.41) is 3.76. The molecule has 5 heteroatoms. The summed E-state index contributed by atoms with van der Waals surface area (Å²) >= 11 is 0. The van der Waals surface area contributed by atoms with Crippen LogP contribution in [0, 0.1) is 0 Å². The number of carbonyl (C=O) groups excluding carboxylic acids is 1. The number of nitrogens with two attached hydrogens (primary N) is 1. The quantitative estimate of drug-likeness (QED) is 0.462. The molecule has 0 saturated carbocycles. The Hall–Kier alpha value is -1.10. The lowest BCUT2D eigenvalue weighted by atomic mass is 10.3. The van der Waals surface area contributed by atoms with Crippen LogP contribution in [0.25, 0.3) is 0 Å². The second-order valence-corrected chi connectivity index (χ2v) is 2.88. The monoisotopic (exact) mass is 172 g/mol. The van der Waals surface area contributed by atoms with E-state index in [1.165, 1.54) is 0 Å². The van der Waals surface area contributed by atoms with Crippen LogP contribution in [-0.2, 0) is 0 Å². The van der Waals surface area contributed by atoms with Gasteiger partial charge in [0.15, 0.2) is 0 Å². The smallest absolute Gasteiger partial charge is 0.332 e. The third-order valence-electron chi connectivity index (χ3n) is 1.28. The van der Waals surface area contributed by atoms with Crippen molar-refractivity contribution in [3.8, 4) is 0 Å². The van der Waals surface area contributed by atoms with E-state index >= 15 is 0 Å². The van der Waals surface area contributed by atoms with Crippen molar-refractivity contribution in [3.05, 3.63) is 0 Å². The van der Waals surface area contributed by atoms with Gasteiger partial charge in [-0.3, -0.25) is 0 Å². The molecule has 0 aromatic rings. The molecule has 0 bridgehead atoms. The van der Waals surface area contributed by atoms with Crippen molar-refractivity contribution in [2.24, 2.45) is 10.8 Å². The molecule has 0 aliphatic heterocycles. The highest BCUT2D eigenvalue weighted by molar-refractivity contribution is 5.83. The average molecular weight is 172 g/mol. The first-order valence-corrected chi connectivity index (χ1v) is 3.75. The second kappa shape index (κ2) is 5.54. The van der Waals surface area contributed by atoms with Gasteiger partial charge >= 0.3 is 6.03 Å². The molecule has 3 N–H and O–H groups in total. The molecule has 0 aromatic heterocycles. The highest BCUT2D eigenvalue weighted by Crippen LogP contribution is 1.86. The zero-order valence-corrected chi connectivity index (χ0v) is 7.79. The van der Waals surface area contributed by atoms with E-state index in [1.54, 1.807) is 0 Å². The molecule has 0 aromatic carbocycles. The Morgan fingerprint density at radius 3 is 2.58 bits per heavy atom. The summed E-state index contributed by atoms with van der Waals surface area (Å²) in [5.41, 5.74) is 7.87. The largest absolute Gasteiger partial charge is 0.350 e. The molecule has 0 atom stereocenters. The molecule has 0 heterocycles. The summed E-state index contributed by atoms with van der Waals surface area (Å²) in [7, 11) is 3.96. The van der Waals surface area contributed by atoms with Crippen LogP contribution < -0.4 is 11.2 Å². The Morgan fingerprint density at radius 2 is 2.17 bits per heavy atom. The van der Waals surface area contributed by atoms with E-state index in [0.717, 1.165) is 18.7 Å². The van der Waals surface area contributed by atoms with E-state index in [2.05, 4.69) is 10.5 Å². The minimum absolute atomic E-state index is 0.626. The third-order valence-corrected chi connectivity index (χ3v) is 1.28. The van der Waals surface area contributed by atoms with Crippen LogP contribution in [0.1, 0.15) is 13.3 Å². The van der Waals surface area contributed by atoms with Gasteiger partial charge in [-0.2, -0.15) is 5.10 Å². The molecule has 12 heavy (non-hydrogen) atoms. The maximum absolute atomic E-state index is 10.2. The normalized spacial score (nSPS) is 11.8. The van der Waals surface area contributed by atoms with Crippen LogP contribution in [0.2, 0.25) is 0 Å². The molecular formula is C7H16N4O. The van der Waals surface area contributed by atoms with Crippen LogP contribution in [0.3, 0.4) is 0 Å². The zero-order valence-electron chi connectivity index (χ0n) is 7.79. The Kier molecular flexibility index (Phi) is 5.03. The number of urea groups is 1. The summed E-state index contributed by atoms with van der Waals surface area (Å²) in [6.07, 6.45) is 0.827. The van der Waals surface area contributed by atoms with Crippen LogP contribution >= 0.6 is 0 Å². The molecule has 0 fully saturated rings. The first-order chi connectivity index (χ1) is 5.52. The highest BCUT2D eigenvalue weighted by Gasteiger charge is 1.94. The van der Waals surface area contributed by atoms with Gasteiger partial charge in [0.2, 0.25) is 0 Å². The van der Waals surface area contributed by atoms with Gasteiger partial charge in [0.05, 0.1) is 0 Å². The van der Waals surface area contributed by atoms with Crippen LogP contribution in [0.5, 0.6) is 0 Å². The maximum Gasteiger partial charge on any atom is 0.332 e. The van der Waals surface area contributed by atoms with Gasteiger partial charge in [0.1, 0.15) is 0 Å². The molecule has 0 radical (unpaired) electrons. The van der Waals surface area contributed by atoms with Gasteiger partial charge < -0.3 is 10.6 Å². The Balaban J connectivity index is 3.63. The molecule has 2 amide bonds. The molecule has 0 unspecified atom stereocenters. The van der Waals surface area contributed by atoms with E-state index in [0.29, 0.717) is 0 Å². The predicted molar refractivity (Wildman–Crippen MR) is 49.0 cm³/mol. The van der Waals surface area contributed by atoms with Crippen molar-refractivity contribution in [1.29, 1.82) is 0 Å². The number of rotatable bonds is 4. The zero-order chi connectivity index (χ0) is 9.56. The van der Waals surface area contributed by atoms with Gasteiger partial charge in [-0.15, -0.1) is 0 Å². The number of hydrogen-bond acceptors (Lipinski definition) is 3. The lowest BCUT2D eigenvalue weighted by Crippen LogP contribution is -2.26. The molecule has 0 aliphatic rings. The van der Waals surface area contributed by atoms with Crippen LogP contribution in [0.15, 0.2) is 5.10 Å². The molecule has 5 nitrogen and oxygen atoms in total. The lowest BCUT2D eigenvalue weighted by molar-refractivity contribution is 0.249. The fourth-order valence-electron chi connectivity index (χ4n) is 0.592. The topological polar surface area (TPSA) is 70.7 Å². The van der Waals surface area contributed by atoms with Crippen molar-refractivity contribution < 1.29 is 4.79 Å². The van der Waals surface area contributed by atoms with Crippen molar-refractivity contribution in [2.75, 3.05) is 20.6 Å². The first-order valence-electron chi connectivity index (χ1n) is 3.75. The third kappa shape index (κ3) is 7.01. The van der Waals surface area contributed by atoms with Gasteiger partial charge in [-0.1, -0.05) is 0 Å². The minimum Gasteiger partial charge on any atom is -0.350 e. The first kappa shape index (κ1) is 10.9. The number of nitrogens with zero attached hydrogens (tertiary/aromatic N) is 2. The van der Waals surface area contributed by atoms with Gasteiger partial charge in [0, 0.05) is 12.3 Å². The fraction of sp³-hybridized carbons (Fsp3) is 0.714. The number of hydrogen-bond donors (Lipinski definition) is 2. The number of primary amides is 1. The van der Waals surface area contributed by atoms with Crippen molar-refractivity contribution in [2.45, 2.75) is 13.3 Å². The maximum atomic E-state index is 10.2. The van der Waals surface area contributed by atoms with E-state index < -0.39 is 6.03 Å². The molecule has 70 valence electrons. The summed E-state index contributed by atoms with van der Waals surface area (Å²) < 4.78 is 0. The Labute approximate surface area is 72.6 Å². The van der Waals surface area contributed by atoms with E-state index in [4.69, 9.17) is 5.73 Å². The van der Waals surface area contributed by atoms with Crippen molar-refractivity contribution in [1.82, 2.24) is 10.3 Å². The summed E-state index contributed by atoms with van der Waals surface area (Å²) in [6, 6.07) is -0.626. The predicted octanol–water partition coefficient (Wildman–Crippen LogP) is -0.0177. The summed E-state index contributed by atoms with van der Waals surface area (Å²) in [5.74, 6) is 0. The highest BCUT2D eigenvalue weighted by atomic mass is 16.2. The summed E-state index contributed by atoms with van der Waals surface area (Å²) in [4.78, 5) is 12.3. The lowest BCUT2D eigenvalue weighted by Gasteiger charge is -2.08. The average Bonchev–Trinajstić information content (AvgIpc) is 1.96. The Morgan fingerprint density at radius 1 is 1.58 bits per heavy atom. The van der Waals surface area contributed by atoms with Crippen molar-refractivity contribution >= 4 is 11.7 Å². The Bertz CT molecular complexity index is 176. The number of nitrogens with one attached hydrogen (secondary N) is 1. The summed E-state index contributed by atoms with van der Waals surface area (Å²) in [6.45, 7) is 2.76. The molecule has 0 aliphatic carbocycles. The number of hydrazone groups is 1. The van der Waals surface area contributed by atoms with Crippen LogP contribution in [0.4, 0.5) is 4.79 Å². The van der Waals surface area contributed by atoms with Crippen LogP contribution in [-0.4, -0.2) is 37.3 Å². The second-order valence-electron chi connectivity index (χ2n) is 2.88.